The van der Waals surface area contributed by atoms with E-state index < -0.39 is 0 Å². The summed E-state index contributed by atoms with van der Waals surface area (Å²) in [6, 6.07) is 5.66. The number of carbonyl (C=O) groups is 1. The SMILES string of the molecule is O=C(COc1ccc(I)c(Cl)c1)NC1CCNCC1. The maximum atomic E-state index is 11.7. The number of hydrogen-bond donors (Lipinski definition) is 2. The zero-order chi connectivity index (χ0) is 13.7. The molecule has 104 valence electrons. The first-order valence-electron chi connectivity index (χ1n) is 6.23. The molecular weight excluding hydrogens is 379 g/mol. The van der Waals surface area contributed by atoms with Crippen molar-refractivity contribution < 1.29 is 9.53 Å². The Balaban J connectivity index is 1.77. The van der Waals surface area contributed by atoms with Crippen LogP contribution < -0.4 is 15.4 Å². The van der Waals surface area contributed by atoms with E-state index in [1.54, 1.807) is 6.07 Å². The van der Waals surface area contributed by atoms with Gasteiger partial charge in [0.05, 0.1) is 5.02 Å². The van der Waals surface area contributed by atoms with E-state index in [2.05, 4.69) is 33.2 Å². The van der Waals surface area contributed by atoms with Gasteiger partial charge in [0.2, 0.25) is 0 Å². The smallest absolute Gasteiger partial charge is 0.258 e. The number of rotatable bonds is 4. The molecule has 0 unspecified atom stereocenters. The monoisotopic (exact) mass is 394 g/mol. The summed E-state index contributed by atoms with van der Waals surface area (Å²) in [4.78, 5) is 11.7. The minimum atomic E-state index is -0.0819. The summed E-state index contributed by atoms with van der Waals surface area (Å²) in [6.45, 7) is 1.94. The molecule has 0 saturated carbocycles. The maximum Gasteiger partial charge on any atom is 0.258 e. The second-order valence-electron chi connectivity index (χ2n) is 4.46. The summed E-state index contributed by atoms with van der Waals surface area (Å²) in [7, 11) is 0. The van der Waals surface area contributed by atoms with Crippen molar-refractivity contribution in [3.05, 3.63) is 26.8 Å². The van der Waals surface area contributed by atoms with Crippen molar-refractivity contribution in [1.82, 2.24) is 10.6 Å². The third-order valence-electron chi connectivity index (χ3n) is 2.97. The summed E-state index contributed by atoms with van der Waals surface area (Å²) in [5.74, 6) is 0.535. The number of ether oxygens (including phenoxy) is 1. The Morgan fingerprint density at radius 2 is 2.21 bits per heavy atom. The van der Waals surface area contributed by atoms with Gasteiger partial charge in [0.1, 0.15) is 5.75 Å². The lowest BCUT2D eigenvalue weighted by Crippen LogP contribution is -2.44. The normalized spacial score (nSPS) is 16.1. The van der Waals surface area contributed by atoms with Crippen molar-refractivity contribution in [2.24, 2.45) is 0 Å². The fraction of sp³-hybridized carbons (Fsp3) is 0.462. The number of carbonyl (C=O) groups excluding carboxylic acids is 1. The molecule has 1 aromatic carbocycles. The van der Waals surface area contributed by atoms with E-state index >= 15 is 0 Å². The quantitative estimate of drug-likeness (QED) is 0.770. The van der Waals surface area contributed by atoms with Crippen LogP contribution in [-0.4, -0.2) is 31.6 Å². The Kier molecular flexibility index (Phi) is 5.72. The lowest BCUT2D eigenvalue weighted by molar-refractivity contribution is -0.123. The summed E-state index contributed by atoms with van der Waals surface area (Å²) in [5, 5.41) is 6.87. The third kappa shape index (κ3) is 4.81. The number of benzene rings is 1. The van der Waals surface area contributed by atoms with Gasteiger partial charge in [-0.05, 0) is 66.7 Å². The molecule has 4 nitrogen and oxygen atoms in total. The van der Waals surface area contributed by atoms with Crippen molar-refractivity contribution >= 4 is 40.1 Å². The lowest BCUT2D eigenvalue weighted by atomic mass is 10.1. The van der Waals surface area contributed by atoms with Crippen molar-refractivity contribution in [2.45, 2.75) is 18.9 Å². The molecule has 1 aliphatic heterocycles. The highest BCUT2D eigenvalue weighted by Crippen LogP contribution is 2.23. The minimum absolute atomic E-state index is 0.0286. The van der Waals surface area contributed by atoms with Crippen LogP contribution in [0, 0.1) is 3.57 Å². The van der Waals surface area contributed by atoms with Gasteiger partial charge in [-0.3, -0.25) is 4.79 Å². The number of amides is 1. The third-order valence-corrected chi connectivity index (χ3v) is 4.54. The zero-order valence-corrected chi connectivity index (χ0v) is 13.3. The van der Waals surface area contributed by atoms with Gasteiger partial charge in [-0.15, -0.1) is 0 Å². The molecule has 1 saturated heterocycles. The topological polar surface area (TPSA) is 50.4 Å². The first-order chi connectivity index (χ1) is 9.15. The fourth-order valence-corrected chi connectivity index (χ4v) is 2.46. The van der Waals surface area contributed by atoms with Gasteiger partial charge in [-0.2, -0.15) is 0 Å². The van der Waals surface area contributed by atoms with Gasteiger partial charge in [-0.1, -0.05) is 11.6 Å². The summed E-state index contributed by atoms with van der Waals surface area (Å²) in [5.41, 5.74) is 0. The van der Waals surface area contributed by atoms with Crippen molar-refractivity contribution in [2.75, 3.05) is 19.7 Å². The minimum Gasteiger partial charge on any atom is -0.484 e. The molecule has 2 N–H and O–H groups in total. The molecule has 1 heterocycles. The predicted molar refractivity (Wildman–Crippen MR) is 83.7 cm³/mol. The average Bonchev–Trinajstić information content (AvgIpc) is 2.41. The Labute approximate surface area is 131 Å². The second kappa shape index (κ2) is 7.31. The highest BCUT2D eigenvalue weighted by atomic mass is 127. The number of halogens is 2. The molecule has 1 amide bonds. The molecule has 1 aliphatic rings. The van der Waals surface area contributed by atoms with Crippen LogP contribution in [0.3, 0.4) is 0 Å². The van der Waals surface area contributed by atoms with Gasteiger partial charge in [-0.25, -0.2) is 0 Å². The van der Waals surface area contributed by atoms with Crippen LogP contribution in [0.25, 0.3) is 0 Å². The van der Waals surface area contributed by atoms with Gasteiger partial charge >= 0.3 is 0 Å². The van der Waals surface area contributed by atoms with Gasteiger partial charge < -0.3 is 15.4 Å². The molecule has 0 aliphatic carbocycles. The standard InChI is InChI=1S/C13H16ClIN2O2/c14-11-7-10(1-2-12(11)15)19-8-13(18)17-9-3-5-16-6-4-9/h1-2,7,9,16H,3-6,8H2,(H,17,18). The van der Waals surface area contributed by atoms with Crippen molar-refractivity contribution in [1.29, 1.82) is 0 Å². The summed E-state index contributed by atoms with van der Waals surface area (Å²) >= 11 is 8.14. The zero-order valence-electron chi connectivity index (χ0n) is 10.4. The molecule has 0 bridgehead atoms. The van der Waals surface area contributed by atoms with Crippen LogP contribution in [0.2, 0.25) is 5.02 Å². The van der Waals surface area contributed by atoms with Crippen LogP contribution in [0.4, 0.5) is 0 Å². The van der Waals surface area contributed by atoms with Crippen LogP contribution in [-0.2, 0) is 4.79 Å². The van der Waals surface area contributed by atoms with Crippen molar-refractivity contribution in [3.8, 4) is 5.75 Å². The molecule has 0 atom stereocenters. The number of hydrogen-bond acceptors (Lipinski definition) is 3. The number of nitrogens with one attached hydrogen (secondary N) is 2. The fourth-order valence-electron chi connectivity index (χ4n) is 1.95. The highest BCUT2D eigenvalue weighted by molar-refractivity contribution is 14.1. The Bertz CT molecular complexity index is 450. The molecule has 0 spiro atoms. The molecule has 6 heteroatoms. The molecule has 2 rings (SSSR count). The first kappa shape index (κ1) is 14.9. The van der Waals surface area contributed by atoms with E-state index in [-0.39, 0.29) is 18.6 Å². The average molecular weight is 395 g/mol. The summed E-state index contributed by atoms with van der Waals surface area (Å²) in [6.07, 6.45) is 1.95. The van der Waals surface area contributed by atoms with Crippen LogP contribution in [0.15, 0.2) is 18.2 Å². The first-order valence-corrected chi connectivity index (χ1v) is 7.69. The molecule has 1 fully saturated rings. The predicted octanol–water partition coefficient (Wildman–Crippen LogP) is 2.19. The Hall–Kier alpha value is -0.530. The lowest BCUT2D eigenvalue weighted by Gasteiger charge is -2.23. The molecule has 19 heavy (non-hydrogen) atoms. The molecular formula is C13H16ClIN2O2. The summed E-state index contributed by atoms with van der Waals surface area (Å²) < 4.78 is 6.39. The highest BCUT2D eigenvalue weighted by Gasteiger charge is 2.15. The van der Waals surface area contributed by atoms with Crippen molar-refractivity contribution in [3.63, 3.8) is 0 Å². The van der Waals surface area contributed by atoms with E-state index in [1.807, 2.05) is 12.1 Å². The molecule has 0 aromatic heterocycles. The molecule has 0 radical (unpaired) electrons. The largest absolute Gasteiger partial charge is 0.484 e. The van der Waals surface area contributed by atoms with Crippen LogP contribution >= 0.6 is 34.2 Å². The Morgan fingerprint density at radius 3 is 2.89 bits per heavy atom. The Morgan fingerprint density at radius 1 is 1.47 bits per heavy atom. The van der Waals surface area contributed by atoms with E-state index in [4.69, 9.17) is 16.3 Å². The van der Waals surface area contributed by atoms with Crippen LogP contribution in [0.5, 0.6) is 5.75 Å². The maximum absolute atomic E-state index is 11.7. The molecule has 1 aromatic rings. The number of piperidine rings is 1. The van der Waals surface area contributed by atoms with Gasteiger partial charge in [0.15, 0.2) is 6.61 Å². The van der Waals surface area contributed by atoms with Gasteiger partial charge in [0.25, 0.3) is 5.91 Å². The van der Waals surface area contributed by atoms with E-state index in [9.17, 15) is 4.79 Å². The van der Waals surface area contributed by atoms with E-state index in [1.165, 1.54) is 0 Å². The van der Waals surface area contributed by atoms with Gasteiger partial charge in [0, 0.05) is 9.61 Å². The second-order valence-corrected chi connectivity index (χ2v) is 6.03. The van der Waals surface area contributed by atoms with E-state index in [0.717, 1.165) is 29.5 Å². The van der Waals surface area contributed by atoms with E-state index in [0.29, 0.717) is 10.8 Å². The van der Waals surface area contributed by atoms with Crippen LogP contribution in [0.1, 0.15) is 12.8 Å².